The van der Waals surface area contributed by atoms with Crippen LogP contribution in [-0.2, 0) is 6.54 Å². The fraction of sp³-hybridized carbons (Fsp3) is 0.158. The van der Waals surface area contributed by atoms with E-state index in [4.69, 9.17) is 5.73 Å². The van der Waals surface area contributed by atoms with Gasteiger partial charge in [-0.05, 0) is 24.6 Å². The molecule has 2 heterocycles. The second kappa shape index (κ2) is 7.69. The maximum absolute atomic E-state index is 12.8. The number of nitrogens with one attached hydrogen (secondary N) is 1. The number of aromatic amines is 1. The minimum absolute atomic E-state index is 0.0464. The number of anilines is 2. The van der Waals surface area contributed by atoms with Gasteiger partial charge in [0.2, 0.25) is 0 Å². The molecule has 0 unspecified atom stereocenters. The van der Waals surface area contributed by atoms with Crippen molar-refractivity contribution in [3.63, 3.8) is 0 Å². The average molecular weight is 365 g/mol. The molecule has 0 aliphatic carbocycles. The molecule has 0 radical (unpaired) electrons. The number of hydrogen-bond donors (Lipinski definition) is 2. The number of rotatable bonds is 5. The lowest BCUT2D eigenvalue weighted by atomic mass is 10.2. The van der Waals surface area contributed by atoms with Crippen LogP contribution in [0.5, 0.6) is 0 Å². The Kier molecular flexibility index (Phi) is 5.16. The summed E-state index contributed by atoms with van der Waals surface area (Å²) in [5.74, 6) is -0.459. The van der Waals surface area contributed by atoms with Gasteiger partial charge in [-0.3, -0.25) is 24.1 Å². The van der Waals surface area contributed by atoms with Crippen LogP contribution in [0.25, 0.3) is 0 Å². The zero-order chi connectivity index (χ0) is 19.4. The number of hydrogen-bond acceptors (Lipinski definition) is 5. The van der Waals surface area contributed by atoms with E-state index in [9.17, 15) is 14.4 Å². The molecule has 0 saturated heterocycles. The fourth-order valence-corrected chi connectivity index (χ4v) is 2.81. The van der Waals surface area contributed by atoms with Crippen molar-refractivity contribution in [2.45, 2.75) is 13.5 Å². The molecule has 3 aromatic rings. The molecule has 0 spiro atoms. The lowest BCUT2D eigenvalue weighted by Gasteiger charge is -2.23. The van der Waals surface area contributed by atoms with Crippen molar-refractivity contribution in [1.82, 2.24) is 14.5 Å². The zero-order valence-electron chi connectivity index (χ0n) is 14.8. The summed E-state index contributed by atoms with van der Waals surface area (Å²) in [6, 6.07) is 12.3. The van der Waals surface area contributed by atoms with E-state index < -0.39 is 17.2 Å². The number of nitrogen functional groups attached to an aromatic ring is 1. The molecule has 8 heteroatoms. The number of amides is 1. The predicted molar refractivity (Wildman–Crippen MR) is 103 cm³/mol. The minimum Gasteiger partial charge on any atom is -0.383 e. The topological polar surface area (TPSA) is 114 Å². The zero-order valence-corrected chi connectivity index (χ0v) is 14.8. The normalized spacial score (nSPS) is 10.6. The summed E-state index contributed by atoms with van der Waals surface area (Å²) in [5.41, 5.74) is 5.99. The smallest absolute Gasteiger partial charge is 0.330 e. The highest BCUT2D eigenvalue weighted by Gasteiger charge is 2.24. The molecule has 138 valence electrons. The Balaban J connectivity index is 2.09. The second-order valence-electron chi connectivity index (χ2n) is 5.85. The number of aromatic nitrogens is 3. The maximum atomic E-state index is 12.8. The van der Waals surface area contributed by atoms with Crippen LogP contribution in [0.15, 0.2) is 64.4 Å². The number of carbonyl (C=O) groups is 1. The molecule has 0 atom stereocenters. The van der Waals surface area contributed by atoms with Crippen molar-refractivity contribution in [2.75, 3.05) is 17.2 Å². The van der Waals surface area contributed by atoms with Crippen molar-refractivity contribution >= 4 is 17.4 Å². The predicted octanol–water partition coefficient (Wildman–Crippen LogP) is 1.23. The fourth-order valence-electron chi connectivity index (χ4n) is 2.81. The van der Waals surface area contributed by atoms with Crippen LogP contribution in [0.1, 0.15) is 22.8 Å². The third kappa shape index (κ3) is 3.64. The van der Waals surface area contributed by atoms with Crippen molar-refractivity contribution < 1.29 is 4.79 Å². The van der Waals surface area contributed by atoms with Crippen LogP contribution in [-0.4, -0.2) is 27.0 Å². The number of carbonyl (C=O) groups excluding carboxylic acids is 1. The molecule has 0 bridgehead atoms. The maximum Gasteiger partial charge on any atom is 0.330 e. The van der Waals surface area contributed by atoms with Crippen LogP contribution >= 0.6 is 0 Å². The molecule has 0 aliphatic rings. The average Bonchev–Trinajstić information content (AvgIpc) is 2.69. The van der Waals surface area contributed by atoms with E-state index in [-0.39, 0.29) is 24.6 Å². The Morgan fingerprint density at radius 2 is 1.81 bits per heavy atom. The van der Waals surface area contributed by atoms with E-state index in [0.717, 1.165) is 5.56 Å². The number of nitrogens with two attached hydrogens (primary N) is 1. The Hall–Kier alpha value is -3.68. The van der Waals surface area contributed by atoms with Gasteiger partial charge < -0.3 is 10.6 Å². The minimum atomic E-state index is -0.703. The molecule has 3 N–H and O–H groups in total. The Labute approximate surface area is 154 Å². The lowest BCUT2D eigenvalue weighted by molar-refractivity contribution is 0.0988. The van der Waals surface area contributed by atoms with Gasteiger partial charge in [-0.15, -0.1) is 0 Å². The molecule has 1 amide bonds. The van der Waals surface area contributed by atoms with Crippen LogP contribution in [0, 0.1) is 0 Å². The third-order valence-electron chi connectivity index (χ3n) is 4.16. The van der Waals surface area contributed by atoms with E-state index >= 15 is 0 Å². The standard InChI is InChI=1S/C19H19N5O3/c1-2-23(18(26)14-8-10-21-11-9-14)15-16(20)24(19(27)22-17(15)25)12-13-6-4-3-5-7-13/h3-11H,2,12,20H2,1H3,(H,22,25,27). The van der Waals surface area contributed by atoms with Gasteiger partial charge in [0.05, 0.1) is 6.54 Å². The quantitative estimate of drug-likeness (QED) is 0.706. The van der Waals surface area contributed by atoms with Gasteiger partial charge in [0.1, 0.15) is 5.82 Å². The summed E-state index contributed by atoms with van der Waals surface area (Å²) >= 11 is 0. The highest BCUT2D eigenvalue weighted by molar-refractivity contribution is 6.07. The SMILES string of the molecule is CCN(C(=O)c1ccncc1)c1c(N)n(Cc2ccccc2)c(=O)[nH]c1=O. The number of pyridine rings is 1. The van der Waals surface area contributed by atoms with Crippen molar-refractivity contribution in [2.24, 2.45) is 0 Å². The van der Waals surface area contributed by atoms with Crippen molar-refractivity contribution in [3.05, 3.63) is 86.8 Å². The Morgan fingerprint density at radius 1 is 1.15 bits per heavy atom. The van der Waals surface area contributed by atoms with Gasteiger partial charge in [0.15, 0.2) is 5.69 Å². The summed E-state index contributed by atoms with van der Waals surface area (Å²) in [4.78, 5) is 45.0. The number of nitrogens with zero attached hydrogens (tertiary/aromatic N) is 3. The first-order valence-electron chi connectivity index (χ1n) is 8.41. The van der Waals surface area contributed by atoms with Gasteiger partial charge in [0, 0.05) is 24.5 Å². The lowest BCUT2D eigenvalue weighted by Crippen LogP contribution is -2.41. The molecular weight excluding hydrogens is 346 g/mol. The molecule has 3 rings (SSSR count). The second-order valence-corrected chi connectivity index (χ2v) is 5.85. The van der Waals surface area contributed by atoms with Gasteiger partial charge in [0.25, 0.3) is 11.5 Å². The van der Waals surface area contributed by atoms with Crippen LogP contribution < -0.4 is 21.9 Å². The monoisotopic (exact) mass is 365 g/mol. The first-order chi connectivity index (χ1) is 13.0. The number of H-pyrrole nitrogens is 1. The van der Waals surface area contributed by atoms with Gasteiger partial charge in [-0.25, -0.2) is 4.79 Å². The highest BCUT2D eigenvalue weighted by atomic mass is 16.2. The molecule has 2 aromatic heterocycles. The molecule has 1 aromatic carbocycles. The molecular formula is C19H19N5O3. The third-order valence-corrected chi connectivity index (χ3v) is 4.16. The Morgan fingerprint density at radius 3 is 2.44 bits per heavy atom. The van der Waals surface area contributed by atoms with Crippen molar-refractivity contribution in [1.29, 1.82) is 0 Å². The molecule has 8 nitrogen and oxygen atoms in total. The molecule has 0 saturated carbocycles. The summed E-state index contributed by atoms with van der Waals surface area (Å²) in [6.45, 7) is 2.11. The highest BCUT2D eigenvalue weighted by Crippen LogP contribution is 2.19. The first kappa shape index (κ1) is 18.1. The van der Waals surface area contributed by atoms with E-state index in [1.54, 1.807) is 19.1 Å². The van der Waals surface area contributed by atoms with Crippen LogP contribution in [0.2, 0.25) is 0 Å². The Bertz CT molecular complexity index is 1060. The van der Waals surface area contributed by atoms with Crippen LogP contribution in [0.4, 0.5) is 11.5 Å². The largest absolute Gasteiger partial charge is 0.383 e. The van der Waals surface area contributed by atoms with E-state index in [2.05, 4.69) is 9.97 Å². The summed E-state index contributed by atoms with van der Waals surface area (Å²) in [5, 5.41) is 0. The van der Waals surface area contributed by atoms with Gasteiger partial charge >= 0.3 is 5.69 Å². The summed E-state index contributed by atoms with van der Waals surface area (Å²) in [7, 11) is 0. The summed E-state index contributed by atoms with van der Waals surface area (Å²) in [6.07, 6.45) is 2.98. The molecule has 0 fully saturated rings. The molecule has 27 heavy (non-hydrogen) atoms. The van der Waals surface area contributed by atoms with E-state index in [0.29, 0.717) is 5.56 Å². The van der Waals surface area contributed by atoms with E-state index in [1.807, 2.05) is 30.3 Å². The van der Waals surface area contributed by atoms with Crippen LogP contribution in [0.3, 0.4) is 0 Å². The van der Waals surface area contributed by atoms with E-state index in [1.165, 1.54) is 21.9 Å². The number of benzene rings is 1. The first-order valence-corrected chi connectivity index (χ1v) is 8.41. The summed E-state index contributed by atoms with van der Waals surface area (Å²) < 4.78 is 1.24. The van der Waals surface area contributed by atoms with Gasteiger partial charge in [-0.1, -0.05) is 30.3 Å². The van der Waals surface area contributed by atoms with Gasteiger partial charge in [-0.2, -0.15) is 0 Å². The van der Waals surface area contributed by atoms with Crippen molar-refractivity contribution in [3.8, 4) is 0 Å². The molecule has 0 aliphatic heterocycles.